The molecular formula is C14H18ClNO2. The van der Waals surface area contributed by atoms with Crippen LogP contribution in [0.15, 0.2) is 24.3 Å². The zero-order valence-corrected chi connectivity index (χ0v) is 11.6. The largest absolute Gasteiger partial charge is 0.465 e. The summed E-state index contributed by atoms with van der Waals surface area (Å²) in [6.45, 7) is 5.79. The first-order chi connectivity index (χ1) is 8.30. The van der Waals surface area contributed by atoms with Gasteiger partial charge in [-0.25, -0.2) is 4.79 Å². The van der Waals surface area contributed by atoms with Crippen LogP contribution in [0.5, 0.6) is 0 Å². The number of rotatable bonds is 2. The lowest BCUT2D eigenvalue weighted by Crippen LogP contribution is -2.46. The summed E-state index contributed by atoms with van der Waals surface area (Å²) >= 11 is 5.85. The molecule has 0 heterocycles. The molecule has 1 aromatic rings. The molecule has 18 heavy (non-hydrogen) atoms. The van der Waals surface area contributed by atoms with Gasteiger partial charge in [0.2, 0.25) is 0 Å². The molecule has 1 aliphatic rings. The molecule has 1 saturated carbocycles. The highest BCUT2D eigenvalue weighted by Crippen LogP contribution is 2.47. The topological polar surface area (TPSA) is 40.5 Å². The number of nitrogens with zero attached hydrogens (tertiary/aromatic N) is 1. The molecule has 0 aliphatic heterocycles. The second kappa shape index (κ2) is 4.47. The molecule has 0 bridgehead atoms. The Bertz CT molecular complexity index is 450. The van der Waals surface area contributed by atoms with Crippen molar-refractivity contribution in [1.29, 1.82) is 0 Å². The molecule has 1 fully saturated rings. The van der Waals surface area contributed by atoms with Crippen molar-refractivity contribution in [3.05, 3.63) is 34.9 Å². The average molecular weight is 268 g/mol. The predicted octanol–water partition coefficient (Wildman–Crippen LogP) is 3.97. The number of amides is 1. The van der Waals surface area contributed by atoms with E-state index in [2.05, 4.69) is 0 Å². The highest BCUT2D eigenvalue weighted by atomic mass is 35.5. The van der Waals surface area contributed by atoms with E-state index in [4.69, 9.17) is 11.6 Å². The van der Waals surface area contributed by atoms with Gasteiger partial charge >= 0.3 is 6.09 Å². The Balaban J connectivity index is 2.14. The quantitative estimate of drug-likeness (QED) is 0.881. The average Bonchev–Trinajstić information content (AvgIpc) is 2.96. The number of hydrogen-bond donors (Lipinski definition) is 1. The molecule has 0 saturated heterocycles. The van der Waals surface area contributed by atoms with Gasteiger partial charge in [0.25, 0.3) is 0 Å². The van der Waals surface area contributed by atoms with Gasteiger partial charge in [0.1, 0.15) is 0 Å². The number of halogens is 1. The lowest BCUT2D eigenvalue weighted by Gasteiger charge is -2.33. The van der Waals surface area contributed by atoms with Gasteiger partial charge in [0.15, 0.2) is 0 Å². The zero-order valence-electron chi connectivity index (χ0n) is 10.9. The van der Waals surface area contributed by atoms with Crippen molar-refractivity contribution in [2.75, 3.05) is 0 Å². The van der Waals surface area contributed by atoms with E-state index in [1.54, 1.807) is 4.90 Å². The zero-order chi connectivity index (χ0) is 13.5. The minimum absolute atomic E-state index is 0.0867. The van der Waals surface area contributed by atoms with Crippen molar-refractivity contribution in [3.63, 3.8) is 0 Å². The van der Waals surface area contributed by atoms with Crippen LogP contribution in [0.25, 0.3) is 0 Å². The maximum Gasteiger partial charge on any atom is 0.408 e. The second-order valence-electron chi connectivity index (χ2n) is 5.78. The Morgan fingerprint density at radius 2 is 1.89 bits per heavy atom. The van der Waals surface area contributed by atoms with Crippen molar-refractivity contribution in [2.45, 2.75) is 44.7 Å². The third-order valence-electron chi connectivity index (χ3n) is 3.32. The molecule has 0 radical (unpaired) electrons. The summed E-state index contributed by atoms with van der Waals surface area (Å²) in [5.74, 6) is 0.303. The Morgan fingerprint density at radius 3 is 2.33 bits per heavy atom. The minimum atomic E-state index is -0.844. The van der Waals surface area contributed by atoms with E-state index >= 15 is 0 Å². The van der Waals surface area contributed by atoms with E-state index in [0.717, 1.165) is 6.42 Å². The molecule has 1 amide bonds. The van der Waals surface area contributed by atoms with E-state index in [0.29, 0.717) is 10.9 Å². The van der Waals surface area contributed by atoms with Gasteiger partial charge in [0, 0.05) is 22.5 Å². The first kappa shape index (κ1) is 13.2. The summed E-state index contributed by atoms with van der Waals surface area (Å²) in [4.78, 5) is 12.9. The van der Waals surface area contributed by atoms with Crippen molar-refractivity contribution in [3.8, 4) is 0 Å². The maximum atomic E-state index is 11.4. The van der Waals surface area contributed by atoms with Gasteiger partial charge in [0.05, 0.1) is 0 Å². The Morgan fingerprint density at radius 1 is 1.33 bits per heavy atom. The van der Waals surface area contributed by atoms with Gasteiger partial charge in [-0.15, -0.1) is 0 Å². The second-order valence-corrected chi connectivity index (χ2v) is 6.22. The summed E-state index contributed by atoms with van der Waals surface area (Å²) < 4.78 is 0. The first-order valence-electron chi connectivity index (χ1n) is 6.08. The SMILES string of the molecule is CC(C)(C)N(C(=O)O)C1CC1c1ccc(Cl)cc1. The first-order valence-corrected chi connectivity index (χ1v) is 6.46. The summed E-state index contributed by atoms with van der Waals surface area (Å²) in [6.07, 6.45) is 0.0505. The van der Waals surface area contributed by atoms with E-state index in [1.165, 1.54) is 5.56 Å². The van der Waals surface area contributed by atoms with Crippen molar-refractivity contribution < 1.29 is 9.90 Å². The third kappa shape index (κ3) is 2.61. The molecule has 3 nitrogen and oxygen atoms in total. The highest BCUT2D eigenvalue weighted by molar-refractivity contribution is 6.30. The number of hydrogen-bond acceptors (Lipinski definition) is 1. The van der Waals surface area contributed by atoms with Crippen molar-refractivity contribution >= 4 is 17.7 Å². The van der Waals surface area contributed by atoms with Gasteiger partial charge in [-0.05, 0) is 44.9 Å². The van der Waals surface area contributed by atoms with E-state index < -0.39 is 6.09 Å². The van der Waals surface area contributed by atoms with Crippen LogP contribution >= 0.6 is 11.6 Å². The molecule has 4 heteroatoms. The fourth-order valence-corrected chi connectivity index (χ4v) is 2.59. The predicted molar refractivity (Wildman–Crippen MR) is 72.2 cm³/mol. The molecule has 2 rings (SSSR count). The van der Waals surface area contributed by atoms with Crippen LogP contribution in [-0.2, 0) is 0 Å². The standard InChI is InChI=1S/C14H18ClNO2/c1-14(2,3)16(13(17)18)12-8-11(12)9-4-6-10(15)7-5-9/h4-7,11-12H,8H2,1-3H3,(H,17,18). The van der Waals surface area contributed by atoms with E-state index in [9.17, 15) is 9.90 Å². The normalized spacial score (nSPS) is 22.7. The van der Waals surface area contributed by atoms with Crippen molar-refractivity contribution in [1.82, 2.24) is 4.90 Å². The fraction of sp³-hybridized carbons (Fsp3) is 0.500. The smallest absolute Gasteiger partial charge is 0.408 e. The summed E-state index contributed by atoms with van der Waals surface area (Å²) in [5.41, 5.74) is 0.803. The Kier molecular flexibility index (Phi) is 3.28. The summed E-state index contributed by atoms with van der Waals surface area (Å²) in [5, 5.41) is 10.0. The molecule has 98 valence electrons. The summed E-state index contributed by atoms with van der Waals surface area (Å²) in [6, 6.07) is 7.76. The molecule has 1 N–H and O–H groups in total. The minimum Gasteiger partial charge on any atom is -0.465 e. The van der Waals surface area contributed by atoms with Crippen LogP contribution in [0.3, 0.4) is 0 Å². The van der Waals surface area contributed by atoms with Crippen molar-refractivity contribution in [2.24, 2.45) is 0 Å². The lowest BCUT2D eigenvalue weighted by atomic mass is 10.1. The Hall–Kier alpha value is -1.22. The molecule has 1 aliphatic carbocycles. The molecular weight excluding hydrogens is 250 g/mol. The van der Waals surface area contributed by atoms with Gasteiger partial charge < -0.3 is 5.11 Å². The van der Waals surface area contributed by atoms with Crippen LogP contribution in [0.2, 0.25) is 5.02 Å². The van der Waals surface area contributed by atoms with Gasteiger partial charge in [-0.2, -0.15) is 0 Å². The molecule has 0 aromatic heterocycles. The number of carboxylic acid groups (broad SMARTS) is 1. The third-order valence-corrected chi connectivity index (χ3v) is 3.57. The molecule has 2 atom stereocenters. The molecule has 0 spiro atoms. The van der Waals surface area contributed by atoms with E-state index in [-0.39, 0.29) is 11.6 Å². The van der Waals surface area contributed by atoms with Crippen LogP contribution in [-0.4, -0.2) is 27.7 Å². The highest BCUT2D eigenvalue weighted by Gasteiger charge is 2.48. The monoisotopic (exact) mass is 267 g/mol. The summed E-state index contributed by atoms with van der Waals surface area (Å²) in [7, 11) is 0. The van der Waals surface area contributed by atoms with Crippen LogP contribution in [0, 0.1) is 0 Å². The van der Waals surface area contributed by atoms with Crippen LogP contribution in [0.1, 0.15) is 38.7 Å². The fourth-order valence-electron chi connectivity index (χ4n) is 2.46. The van der Waals surface area contributed by atoms with Gasteiger partial charge in [-0.3, -0.25) is 4.90 Å². The Labute approximate surface area is 112 Å². The lowest BCUT2D eigenvalue weighted by molar-refractivity contribution is 0.0940. The van der Waals surface area contributed by atoms with Crippen LogP contribution in [0.4, 0.5) is 4.79 Å². The molecule has 1 aromatic carbocycles. The van der Waals surface area contributed by atoms with Gasteiger partial charge in [-0.1, -0.05) is 23.7 Å². The maximum absolute atomic E-state index is 11.4. The number of benzene rings is 1. The van der Waals surface area contributed by atoms with Crippen LogP contribution < -0.4 is 0 Å². The van der Waals surface area contributed by atoms with E-state index in [1.807, 2.05) is 45.0 Å². The number of carbonyl (C=O) groups is 1. The molecule has 2 unspecified atom stereocenters.